The third-order valence-corrected chi connectivity index (χ3v) is 1.86. The van der Waals surface area contributed by atoms with Crippen molar-refractivity contribution in [3.63, 3.8) is 0 Å². The van der Waals surface area contributed by atoms with Gasteiger partial charge in [0.15, 0.2) is 0 Å². The molecule has 0 saturated heterocycles. The van der Waals surface area contributed by atoms with Crippen LogP contribution in [0.5, 0.6) is 0 Å². The highest BCUT2D eigenvalue weighted by Gasteiger charge is 2.09. The quantitative estimate of drug-likeness (QED) is 0.563. The smallest absolute Gasteiger partial charge is 0.252 e. The van der Waals surface area contributed by atoms with Crippen LogP contribution in [0.3, 0.4) is 0 Å². The Bertz CT molecular complexity index is 423. The Labute approximate surface area is 87.5 Å². The molecule has 3 nitrogen and oxygen atoms in total. The summed E-state index contributed by atoms with van der Waals surface area (Å²) in [5.74, 6) is 1.44. The molecule has 0 aromatic heterocycles. The minimum Gasteiger partial charge on any atom is -0.396 e. The lowest BCUT2D eigenvalue weighted by Crippen LogP contribution is -2.31. The van der Waals surface area contributed by atoms with Crippen LogP contribution in [-0.4, -0.2) is 11.9 Å². The molecule has 1 aromatic rings. The molecule has 1 amide bonds. The Hall–Kier alpha value is -2.02. The Morgan fingerprint density at radius 2 is 2.33 bits per heavy atom. The molecule has 0 saturated carbocycles. The standard InChI is InChI=1S/C11H11FN2O/c1-3-7(2)14-11(15)8-4-5-9(12)10(13)6-8/h1,4-7H,13H2,2H3,(H,14,15). The van der Waals surface area contributed by atoms with Crippen molar-refractivity contribution in [2.45, 2.75) is 13.0 Å². The Kier molecular flexibility index (Phi) is 3.29. The monoisotopic (exact) mass is 206 g/mol. The van der Waals surface area contributed by atoms with Gasteiger partial charge in [0.25, 0.3) is 5.91 Å². The first-order valence-electron chi connectivity index (χ1n) is 4.36. The molecular weight excluding hydrogens is 195 g/mol. The maximum absolute atomic E-state index is 12.8. The molecule has 0 aliphatic heterocycles. The molecule has 0 heterocycles. The van der Waals surface area contributed by atoms with Gasteiger partial charge < -0.3 is 11.1 Å². The number of nitrogen functional groups attached to an aromatic ring is 1. The third kappa shape index (κ3) is 2.71. The number of anilines is 1. The molecule has 0 radical (unpaired) electrons. The number of amides is 1. The van der Waals surface area contributed by atoms with E-state index in [-0.39, 0.29) is 23.2 Å². The molecular formula is C11H11FN2O. The molecule has 1 aromatic carbocycles. The molecule has 0 spiro atoms. The van der Waals surface area contributed by atoms with Crippen LogP contribution in [0.15, 0.2) is 18.2 Å². The minimum absolute atomic E-state index is 0.0592. The van der Waals surface area contributed by atoms with Gasteiger partial charge in [-0.1, -0.05) is 5.92 Å². The second-order valence-corrected chi connectivity index (χ2v) is 3.10. The number of benzene rings is 1. The molecule has 4 heteroatoms. The number of nitrogens with two attached hydrogens (primary N) is 1. The lowest BCUT2D eigenvalue weighted by molar-refractivity contribution is 0.0948. The van der Waals surface area contributed by atoms with Gasteiger partial charge in [0.2, 0.25) is 0 Å². The van der Waals surface area contributed by atoms with E-state index in [4.69, 9.17) is 12.2 Å². The van der Waals surface area contributed by atoms with Crippen LogP contribution in [-0.2, 0) is 0 Å². The largest absolute Gasteiger partial charge is 0.396 e. The zero-order valence-corrected chi connectivity index (χ0v) is 8.25. The van der Waals surface area contributed by atoms with Gasteiger partial charge >= 0.3 is 0 Å². The zero-order valence-electron chi connectivity index (χ0n) is 8.25. The van der Waals surface area contributed by atoms with Crippen LogP contribution in [0, 0.1) is 18.2 Å². The molecule has 3 N–H and O–H groups in total. The maximum atomic E-state index is 12.8. The SMILES string of the molecule is C#CC(C)NC(=O)c1ccc(F)c(N)c1. The van der Waals surface area contributed by atoms with Gasteiger partial charge in [-0.25, -0.2) is 4.39 Å². The van der Waals surface area contributed by atoms with Gasteiger partial charge in [0.05, 0.1) is 11.7 Å². The van der Waals surface area contributed by atoms with E-state index < -0.39 is 5.82 Å². The average molecular weight is 206 g/mol. The summed E-state index contributed by atoms with van der Waals surface area (Å²) in [7, 11) is 0. The molecule has 1 atom stereocenters. The minimum atomic E-state index is -0.545. The number of rotatable bonds is 2. The molecule has 0 fully saturated rings. The lowest BCUT2D eigenvalue weighted by atomic mass is 10.1. The number of carbonyl (C=O) groups excluding carboxylic acids is 1. The molecule has 78 valence electrons. The summed E-state index contributed by atoms with van der Waals surface area (Å²) >= 11 is 0. The maximum Gasteiger partial charge on any atom is 0.252 e. The topological polar surface area (TPSA) is 55.1 Å². The summed E-state index contributed by atoms with van der Waals surface area (Å²) in [6.07, 6.45) is 5.10. The number of halogens is 1. The van der Waals surface area contributed by atoms with Gasteiger partial charge in [-0.2, -0.15) is 0 Å². The fraction of sp³-hybridized carbons (Fsp3) is 0.182. The van der Waals surface area contributed by atoms with Crippen LogP contribution in [0.4, 0.5) is 10.1 Å². The summed E-state index contributed by atoms with van der Waals surface area (Å²) in [5.41, 5.74) is 5.56. The van der Waals surface area contributed by atoms with Crippen molar-refractivity contribution in [2.24, 2.45) is 0 Å². The molecule has 0 aliphatic carbocycles. The Morgan fingerprint density at radius 1 is 1.67 bits per heavy atom. The fourth-order valence-corrected chi connectivity index (χ4v) is 1.01. The molecule has 0 aliphatic rings. The van der Waals surface area contributed by atoms with Gasteiger partial charge in [0.1, 0.15) is 5.82 Å². The van der Waals surface area contributed by atoms with Crippen LogP contribution in [0.25, 0.3) is 0 Å². The van der Waals surface area contributed by atoms with E-state index >= 15 is 0 Å². The molecule has 1 unspecified atom stereocenters. The number of hydrogen-bond donors (Lipinski definition) is 2. The summed E-state index contributed by atoms with van der Waals surface area (Å²) < 4.78 is 12.8. The summed E-state index contributed by atoms with van der Waals surface area (Å²) in [6, 6.07) is 3.40. The van der Waals surface area contributed by atoms with Crippen molar-refractivity contribution >= 4 is 11.6 Å². The van der Waals surface area contributed by atoms with E-state index in [2.05, 4.69) is 11.2 Å². The number of carbonyl (C=O) groups is 1. The summed E-state index contributed by atoms with van der Waals surface area (Å²) in [4.78, 5) is 11.5. The number of terminal acetylenes is 1. The van der Waals surface area contributed by atoms with Gasteiger partial charge in [0, 0.05) is 5.56 Å². The number of nitrogens with one attached hydrogen (secondary N) is 1. The first-order chi connectivity index (χ1) is 7.04. The first-order valence-corrected chi connectivity index (χ1v) is 4.36. The van der Waals surface area contributed by atoms with E-state index in [1.165, 1.54) is 12.1 Å². The molecule has 0 bridgehead atoms. The highest BCUT2D eigenvalue weighted by atomic mass is 19.1. The fourth-order valence-electron chi connectivity index (χ4n) is 1.01. The first kappa shape index (κ1) is 11.1. The summed E-state index contributed by atoms with van der Waals surface area (Å²) in [5, 5.41) is 2.54. The second-order valence-electron chi connectivity index (χ2n) is 3.10. The van der Waals surface area contributed by atoms with Crippen LogP contribution in [0.1, 0.15) is 17.3 Å². The highest BCUT2D eigenvalue weighted by Crippen LogP contribution is 2.12. The van der Waals surface area contributed by atoms with Crippen molar-refractivity contribution in [1.82, 2.24) is 5.32 Å². The van der Waals surface area contributed by atoms with Crippen molar-refractivity contribution < 1.29 is 9.18 Å². The van der Waals surface area contributed by atoms with Crippen molar-refractivity contribution in [1.29, 1.82) is 0 Å². The van der Waals surface area contributed by atoms with Crippen molar-refractivity contribution in [2.75, 3.05) is 5.73 Å². The Balaban J connectivity index is 2.84. The van der Waals surface area contributed by atoms with E-state index in [0.717, 1.165) is 6.07 Å². The second kappa shape index (κ2) is 4.47. The number of hydrogen-bond acceptors (Lipinski definition) is 2. The average Bonchev–Trinajstić information content (AvgIpc) is 2.21. The predicted molar refractivity (Wildman–Crippen MR) is 56.6 cm³/mol. The van der Waals surface area contributed by atoms with Gasteiger partial charge in [-0.3, -0.25) is 4.79 Å². The zero-order chi connectivity index (χ0) is 11.4. The normalized spacial score (nSPS) is 11.5. The van der Waals surface area contributed by atoms with Gasteiger partial charge in [-0.05, 0) is 25.1 Å². The van der Waals surface area contributed by atoms with E-state index in [9.17, 15) is 9.18 Å². The van der Waals surface area contributed by atoms with Gasteiger partial charge in [-0.15, -0.1) is 6.42 Å². The Morgan fingerprint density at radius 3 is 2.87 bits per heavy atom. The van der Waals surface area contributed by atoms with Crippen molar-refractivity contribution in [3.05, 3.63) is 29.6 Å². The van der Waals surface area contributed by atoms with Crippen LogP contribution in [0.2, 0.25) is 0 Å². The predicted octanol–water partition coefficient (Wildman–Crippen LogP) is 1.16. The van der Waals surface area contributed by atoms with E-state index in [1.807, 2.05) is 0 Å². The van der Waals surface area contributed by atoms with Crippen molar-refractivity contribution in [3.8, 4) is 12.3 Å². The lowest BCUT2D eigenvalue weighted by Gasteiger charge is -2.08. The third-order valence-electron chi connectivity index (χ3n) is 1.86. The van der Waals surface area contributed by atoms with Crippen LogP contribution >= 0.6 is 0 Å². The highest BCUT2D eigenvalue weighted by molar-refractivity contribution is 5.95. The van der Waals surface area contributed by atoms with E-state index in [1.54, 1.807) is 6.92 Å². The summed E-state index contributed by atoms with van der Waals surface area (Å²) in [6.45, 7) is 1.67. The van der Waals surface area contributed by atoms with E-state index in [0.29, 0.717) is 0 Å². The molecule has 15 heavy (non-hydrogen) atoms. The molecule has 1 rings (SSSR count). The van der Waals surface area contributed by atoms with Crippen LogP contribution < -0.4 is 11.1 Å².